The van der Waals surface area contributed by atoms with Crippen LogP contribution >= 0.6 is 0 Å². The molecule has 0 bridgehead atoms. The Hall–Kier alpha value is -1.40. The van der Waals surface area contributed by atoms with Crippen LogP contribution in [0.1, 0.15) is 49.6 Å². The van der Waals surface area contributed by atoms with Crippen molar-refractivity contribution in [2.24, 2.45) is 0 Å². The molecule has 1 aromatic rings. The summed E-state index contributed by atoms with van der Waals surface area (Å²) in [6.45, 7) is 10.0. The lowest BCUT2D eigenvalue weighted by molar-refractivity contribution is 0.0942. The summed E-state index contributed by atoms with van der Waals surface area (Å²) in [5.74, 6) is -0.0740. The molecule has 124 valence electrons. The summed E-state index contributed by atoms with van der Waals surface area (Å²) >= 11 is 0. The normalized spacial score (nSPS) is 18.6. The van der Waals surface area contributed by atoms with Crippen molar-refractivity contribution in [1.82, 2.24) is 25.3 Å². The Morgan fingerprint density at radius 3 is 3.05 bits per heavy atom. The number of hydrogen-bond donors (Lipinski definition) is 2. The van der Waals surface area contributed by atoms with Gasteiger partial charge in [0, 0.05) is 25.8 Å². The van der Waals surface area contributed by atoms with Crippen LogP contribution in [0.2, 0.25) is 0 Å². The van der Waals surface area contributed by atoms with E-state index in [1.165, 1.54) is 0 Å². The van der Waals surface area contributed by atoms with E-state index in [0.29, 0.717) is 18.3 Å². The highest BCUT2D eigenvalue weighted by Crippen LogP contribution is 2.15. The fourth-order valence-corrected chi connectivity index (χ4v) is 2.88. The SMILES string of the molecule is CCCN(CC)CCNC(=O)c1ccn(C2CCCNC2)n1. The molecule has 2 rings (SSSR count). The highest BCUT2D eigenvalue weighted by Gasteiger charge is 2.17. The second-order valence-electron chi connectivity index (χ2n) is 5.87. The molecule has 2 N–H and O–H groups in total. The second kappa shape index (κ2) is 8.90. The molecule has 1 aliphatic heterocycles. The molecule has 1 atom stereocenters. The molecular weight excluding hydrogens is 278 g/mol. The van der Waals surface area contributed by atoms with Crippen LogP contribution in [0.25, 0.3) is 0 Å². The van der Waals surface area contributed by atoms with Gasteiger partial charge in [0.15, 0.2) is 0 Å². The summed E-state index contributed by atoms with van der Waals surface area (Å²) < 4.78 is 1.93. The molecule has 1 fully saturated rings. The number of likely N-dealkylation sites (N-methyl/N-ethyl adjacent to an activating group) is 1. The van der Waals surface area contributed by atoms with Gasteiger partial charge in [0.2, 0.25) is 0 Å². The predicted molar refractivity (Wildman–Crippen MR) is 88.1 cm³/mol. The number of aromatic nitrogens is 2. The van der Waals surface area contributed by atoms with Crippen LogP contribution < -0.4 is 10.6 Å². The summed E-state index contributed by atoms with van der Waals surface area (Å²) in [4.78, 5) is 14.5. The Morgan fingerprint density at radius 2 is 2.36 bits per heavy atom. The largest absolute Gasteiger partial charge is 0.349 e. The molecule has 1 unspecified atom stereocenters. The summed E-state index contributed by atoms with van der Waals surface area (Å²) in [6.07, 6.45) is 5.35. The van der Waals surface area contributed by atoms with Crippen molar-refractivity contribution in [3.05, 3.63) is 18.0 Å². The van der Waals surface area contributed by atoms with Crippen LogP contribution in [0.15, 0.2) is 12.3 Å². The molecule has 1 aliphatic rings. The summed E-state index contributed by atoms with van der Waals surface area (Å²) in [5.41, 5.74) is 0.518. The van der Waals surface area contributed by atoms with Gasteiger partial charge in [-0.05, 0) is 45.0 Å². The van der Waals surface area contributed by atoms with Crippen molar-refractivity contribution in [3.8, 4) is 0 Å². The van der Waals surface area contributed by atoms with Gasteiger partial charge in [-0.2, -0.15) is 5.10 Å². The van der Waals surface area contributed by atoms with Crippen molar-refractivity contribution in [2.75, 3.05) is 39.3 Å². The van der Waals surface area contributed by atoms with E-state index in [1.54, 1.807) is 0 Å². The lowest BCUT2D eigenvalue weighted by Crippen LogP contribution is -2.35. The Balaban J connectivity index is 1.79. The quantitative estimate of drug-likeness (QED) is 0.759. The summed E-state index contributed by atoms with van der Waals surface area (Å²) in [6, 6.07) is 2.18. The van der Waals surface area contributed by atoms with E-state index in [-0.39, 0.29) is 5.91 Å². The molecule has 2 heterocycles. The molecule has 0 spiro atoms. The first-order valence-electron chi connectivity index (χ1n) is 8.51. The lowest BCUT2D eigenvalue weighted by Gasteiger charge is -2.22. The first-order valence-corrected chi connectivity index (χ1v) is 8.51. The molecule has 0 radical (unpaired) electrons. The molecule has 0 aromatic carbocycles. The number of amides is 1. The summed E-state index contributed by atoms with van der Waals surface area (Å²) in [5, 5.41) is 10.8. The van der Waals surface area contributed by atoms with Crippen LogP contribution in [0.3, 0.4) is 0 Å². The van der Waals surface area contributed by atoms with Crippen LogP contribution in [0.5, 0.6) is 0 Å². The minimum atomic E-state index is -0.0740. The molecule has 1 amide bonds. The minimum absolute atomic E-state index is 0.0740. The topological polar surface area (TPSA) is 62.2 Å². The number of rotatable bonds is 8. The maximum absolute atomic E-state index is 12.1. The van der Waals surface area contributed by atoms with Gasteiger partial charge in [-0.1, -0.05) is 13.8 Å². The van der Waals surface area contributed by atoms with Crippen LogP contribution in [0, 0.1) is 0 Å². The van der Waals surface area contributed by atoms with Gasteiger partial charge in [-0.15, -0.1) is 0 Å². The third-order valence-electron chi connectivity index (χ3n) is 4.19. The highest BCUT2D eigenvalue weighted by molar-refractivity contribution is 5.92. The smallest absolute Gasteiger partial charge is 0.271 e. The standard InChI is InChI=1S/C16H29N5O/c1-3-10-20(4-2)12-9-18-16(22)15-7-11-21(19-15)14-6-5-8-17-13-14/h7,11,14,17H,3-6,8-10,12-13H2,1-2H3,(H,18,22). The van der Waals surface area contributed by atoms with Gasteiger partial charge in [-0.25, -0.2) is 0 Å². The first kappa shape index (κ1) is 17.0. The number of hydrogen-bond acceptors (Lipinski definition) is 4. The lowest BCUT2D eigenvalue weighted by atomic mass is 10.1. The molecule has 22 heavy (non-hydrogen) atoms. The van der Waals surface area contributed by atoms with Gasteiger partial charge in [0.05, 0.1) is 6.04 Å². The number of carbonyl (C=O) groups excluding carboxylic acids is 1. The van der Waals surface area contributed by atoms with Crippen molar-refractivity contribution >= 4 is 5.91 Å². The number of nitrogens with zero attached hydrogens (tertiary/aromatic N) is 3. The zero-order valence-corrected chi connectivity index (χ0v) is 13.8. The second-order valence-corrected chi connectivity index (χ2v) is 5.87. The van der Waals surface area contributed by atoms with Gasteiger partial charge in [0.1, 0.15) is 5.69 Å². The minimum Gasteiger partial charge on any atom is -0.349 e. The Morgan fingerprint density at radius 1 is 1.50 bits per heavy atom. The van der Waals surface area contributed by atoms with Crippen molar-refractivity contribution in [2.45, 2.75) is 39.2 Å². The highest BCUT2D eigenvalue weighted by atomic mass is 16.1. The fourth-order valence-electron chi connectivity index (χ4n) is 2.88. The fraction of sp³-hybridized carbons (Fsp3) is 0.750. The molecule has 6 nitrogen and oxygen atoms in total. The first-order chi connectivity index (χ1) is 10.7. The monoisotopic (exact) mass is 307 g/mol. The molecule has 1 aromatic heterocycles. The van der Waals surface area contributed by atoms with E-state index in [9.17, 15) is 4.79 Å². The Labute approximate surface area is 133 Å². The predicted octanol–water partition coefficient (Wildman–Crippen LogP) is 1.27. The Kier molecular flexibility index (Phi) is 6.86. The third kappa shape index (κ3) is 4.81. The maximum Gasteiger partial charge on any atom is 0.271 e. The van der Waals surface area contributed by atoms with E-state index < -0.39 is 0 Å². The number of nitrogens with one attached hydrogen (secondary N) is 2. The van der Waals surface area contributed by atoms with E-state index in [1.807, 2.05) is 16.9 Å². The molecular formula is C16H29N5O. The molecule has 0 saturated carbocycles. The van der Waals surface area contributed by atoms with Gasteiger partial charge >= 0.3 is 0 Å². The van der Waals surface area contributed by atoms with Crippen molar-refractivity contribution in [3.63, 3.8) is 0 Å². The molecule has 6 heteroatoms. The average Bonchev–Trinajstić information content (AvgIpc) is 3.05. The maximum atomic E-state index is 12.1. The van der Waals surface area contributed by atoms with Crippen molar-refractivity contribution < 1.29 is 4.79 Å². The van der Waals surface area contributed by atoms with Crippen LogP contribution in [0.4, 0.5) is 0 Å². The average molecular weight is 307 g/mol. The van der Waals surface area contributed by atoms with Crippen LogP contribution in [-0.4, -0.2) is 59.9 Å². The molecule has 1 saturated heterocycles. The zero-order chi connectivity index (χ0) is 15.8. The van der Waals surface area contributed by atoms with Gasteiger partial charge < -0.3 is 15.5 Å². The van der Waals surface area contributed by atoms with Crippen molar-refractivity contribution in [1.29, 1.82) is 0 Å². The number of carbonyl (C=O) groups is 1. The zero-order valence-electron chi connectivity index (χ0n) is 13.8. The van der Waals surface area contributed by atoms with Crippen LogP contribution in [-0.2, 0) is 0 Å². The third-order valence-corrected chi connectivity index (χ3v) is 4.19. The van der Waals surface area contributed by atoms with E-state index >= 15 is 0 Å². The molecule has 0 aliphatic carbocycles. The van der Waals surface area contributed by atoms with E-state index in [4.69, 9.17) is 0 Å². The van der Waals surface area contributed by atoms with Gasteiger partial charge in [0.25, 0.3) is 5.91 Å². The summed E-state index contributed by atoms with van der Waals surface area (Å²) in [7, 11) is 0. The Bertz CT molecular complexity index is 453. The van der Waals surface area contributed by atoms with Gasteiger partial charge in [-0.3, -0.25) is 9.48 Å². The van der Waals surface area contributed by atoms with E-state index in [0.717, 1.165) is 52.0 Å². The van der Waals surface area contributed by atoms with E-state index in [2.05, 4.69) is 34.5 Å². The number of piperidine rings is 1.